The number of carboxylic acids is 1. The van der Waals surface area contributed by atoms with Gasteiger partial charge in [-0.15, -0.1) is 0 Å². The molecular weight excluding hydrogens is 256 g/mol. The average molecular weight is 259 g/mol. The van der Waals surface area contributed by atoms with E-state index in [-0.39, 0.29) is 12.3 Å². The standard InChI is InChI=1S/C8H3F6NO2/c9-7(10,11)3-1-4(6(16)17)5(15-2-3)8(12,13)14/h1-2H,(H,16,17). The maximum Gasteiger partial charge on any atom is 0.434 e. The molecule has 1 rings (SSSR count). The van der Waals surface area contributed by atoms with E-state index in [2.05, 4.69) is 4.98 Å². The normalized spacial score (nSPS) is 12.6. The van der Waals surface area contributed by atoms with E-state index in [1.54, 1.807) is 0 Å². The highest BCUT2D eigenvalue weighted by Gasteiger charge is 2.40. The number of nitrogens with zero attached hydrogens (tertiary/aromatic N) is 1. The van der Waals surface area contributed by atoms with Crippen LogP contribution in [0.15, 0.2) is 12.3 Å². The molecule has 0 unspecified atom stereocenters. The third-order valence-corrected chi connectivity index (χ3v) is 1.71. The van der Waals surface area contributed by atoms with Crippen molar-refractivity contribution >= 4 is 5.97 Å². The topological polar surface area (TPSA) is 50.2 Å². The van der Waals surface area contributed by atoms with Gasteiger partial charge in [0.25, 0.3) is 0 Å². The van der Waals surface area contributed by atoms with Crippen molar-refractivity contribution in [3.05, 3.63) is 29.1 Å². The number of halogens is 6. The number of aromatic nitrogens is 1. The van der Waals surface area contributed by atoms with Gasteiger partial charge in [0.05, 0.1) is 11.1 Å². The monoisotopic (exact) mass is 259 g/mol. The maximum atomic E-state index is 12.2. The van der Waals surface area contributed by atoms with Crippen molar-refractivity contribution in [2.24, 2.45) is 0 Å². The van der Waals surface area contributed by atoms with E-state index in [1.165, 1.54) is 0 Å². The number of rotatable bonds is 1. The Morgan fingerprint density at radius 2 is 1.65 bits per heavy atom. The zero-order valence-electron chi connectivity index (χ0n) is 7.73. The third kappa shape index (κ3) is 2.86. The fraction of sp³-hybridized carbons (Fsp3) is 0.250. The van der Waals surface area contributed by atoms with Crippen molar-refractivity contribution in [3.8, 4) is 0 Å². The molecule has 0 aliphatic carbocycles. The number of alkyl halides is 6. The quantitative estimate of drug-likeness (QED) is 0.789. The molecule has 3 nitrogen and oxygen atoms in total. The summed E-state index contributed by atoms with van der Waals surface area (Å²) in [6, 6.07) is -0.0991. The van der Waals surface area contributed by atoms with Gasteiger partial charge in [0, 0.05) is 6.20 Å². The van der Waals surface area contributed by atoms with E-state index in [4.69, 9.17) is 5.11 Å². The Hall–Kier alpha value is -1.80. The molecule has 9 heteroatoms. The zero-order chi connectivity index (χ0) is 13.4. The van der Waals surface area contributed by atoms with Crippen LogP contribution in [-0.2, 0) is 12.4 Å². The van der Waals surface area contributed by atoms with Crippen LogP contribution < -0.4 is 0 Å². The molecule has 0 saturated heterocycles. The minimum Gasteiger partial charge on any atom is -0.478 e. The van der Waals surface area contributed by atoms with E-state index in [1.807, 2.05) is 0 Å². The van der Waals surface area contributed by atoms with Gasteiger partial charge in [0.15, 0.2) is 5.69 Å². The summed E-state index contributed by atoms with van der Waals surface area (Å²) >= 11 is 0. The molecule has 0 aliphatic rings. The van der Waals surface area contributed by atoms with E-state index < -0.39 is 35.1 Å². The van der Waals surface area contributed by atoms with Crippen molar-refractivity contribution in [3.63, 3.8) is 0 Å². The molecule has 0 atom stereocenters. The highest BCUT2D eigenvalue weighted by atomic mass is 19.4. The van der Waals surface area contributed by atoms with Crippen LogP contribution in [0.5, 0.6) is 0 Å². The summed E-state index contributed by atoms with van der Waals surface area (Å²) in [7, 11) is 0. The Morgan fingerprint density at radius 3 is 2.00 bits per heavy atom. The van der Waals surface area contributed by atoms with Gasteiger partial charge in [-0.2, -0.15) is 26.3 Å². The molecule has 94 valence electrons. The third-order valence-electron chi connectivity index (χ3n) is 1.71. The lowest BCUT2D eigenvalue weighted by Gasteiger charge is -2.12. The molecule has 1 aromatic heterocycles. The van der Waals surface area contributed by atoms with Gasteiger partial charge in [0.1, 0.15) is 0 Å². The number of carboxylic acid groups (broad SMARTS) is 1. The summed E-state index contributed by atoms with van der Waals surface area (Å²) in [5, 5.41) is 8.41. The van der Waals surface area contributed by atoms with Crippen LogP contribution in [0, 0.1) is 0 Å². The number of aromatic carboxylic acids is 1. The second-order valence-electron chi connectivity index (χ2n) is 2.92. The SMILES string of the molecule is O=C(O)c1cc(C(F)(F)F)cnc1C(F)(F)F. The van der Waals surface area contributed by atoms with Crippen LogP contribution in [0.4, 0.5) is 26.3 Å². The highest BCUT2D eigenvalue weighted by Crippen LogP contribution is 2.34. The second-order valence-corrected chi connectivity index (χ2v) is 2.92. The first-order valence-corrected chi connectivity index (χ1v) is 3.91. The van der Waals surface area contributed by atoms with Crippen molar-refractivity contribution in [1.82, 2.24) is 4.98 Å². The molecule has 0 amide bonds. The number of pyridine rings is 1. The van der Waals surface area contributed by atoms with Crippen molar-refractivity contribution < 1.29 is 36.2 Å². The summed E-state index contributed by atoms with van der Waals surface area (Å²) in [5.74, 6) is -2.13. The summed E-state index contributed by atoms with van der Waals surface area (Å²) in [6.45, 7) is 0. The van der Waals surface area contributed by atoms with Gasteiger partial charge in [-0.1, -0.05) is 0 Å². The molecular formula is C8H3F6NO2. The molecule has 0 aromatic carbocycles. The summed E-state index contributed by atoms with van der Waals surface area (Å²) < 4.78 is 73.1. The maximum absolute atomic E-state index is 12.2. The minimum atomic E-state index is -5.13. The van der Waals surface area contributed by atoms with Gasteiger partial charge >= 0.3 is 18.3 Å². The lowest BCUT2D eigenvalue weighted by Crippen LogP contribution is -2.17. The number of hydrogen-bond donors (Lipinski definition) is 1. The van der Waals surface area contributed by atoms with Crippen LogP contribution in [0.2, 0.25) is 0 Å². The first-order valence-electron chi connectivity index (χ1n) is 3.91. The highest BCUT2D eigenvalue weighted by molar-refractivity contribution is 5.89. The molecule has 17 heavy (non-hydrogen) atoms. The van der Waals surface area contributed by atoms with Gasteiger partial charge in [-0.05, 0) is 6.07 Å². The van der Waals surface area contributed by atoms with E-state index in [0.29, 0.717) is 0 Å². The van der Waals surface area contributed by atoms with Gasteiger partial charge < -0.3 is 5.11 Å². The lowest BCUT2D eigenvalue weighted by atomic mass is 10.1. The predicted molar refractivity (Wildman–Crippen MR) is 41.2 cm³/mol. The largest absolute Gasteiger partial charge is 0.478 e. The van der Waals surface area contributed by atoms with Gasteiger partial charge in [0.2, 0.25) is 0 Å². The summed E-state index contributed by atoms with van der Waals surface area (Å²) in [4.78, 5) is 13.0. The molecule has 1 heterocycles. The number of hydrogen-bond acceptors (Lipinski definition) is 2. The van der Waals surface area contributed by atoms with Crippen molar-refractivity contribution in [2.75, 3.05) is 0 Å². The molecule has 0 aliphatic heterocycles. The second kappa shape index (κ2) is 3.90. The first kappa shape index (κ1) is 13.3. The zero-order valence-corrected chi connectivity index (χ0v) is 7.73. The Morgan fingerprint density at radius 1 is 1.12 bits per heavy atom. The molecule has 1 N–H and O–H groups in total. The molecule has 0 saturated carbocycles. The Balaban J connectivity index is 3.43. The first-order chi connectivity index (χ1) is 7.53. The van der Waals surface area contributed by atoms with Crippen molar-refractivity contribution in [1.29, 1.82) is 0 Å². The predicted octanol–water partition coefficient (Wildman–Crippen LogP) is 2.82. The van der Waals surface area contributed by atoms with Crippen LogP contribution in [0.25, 0.3) is 0 Å². The fourth-order valence-electron chi connectivity index (χ4n) is 1.01. The van der Waals surface area contributed by atoms with Gasteiger partial charge in [-0.25, -0.2) is 4.79 Å². The molecule has 1 aromatic rings. The van der Waals surface area contributed by atoms with Crippen molar-refractivity contribution in [2.45, 2.75) is 12.4 Å². The van der Waals surface area contributed by atoms with E-state index >= 15 is 0 Å². The van der Waals surface area contributed by atoms with E-state index in [0.717, 1.165) is 0 Å². The Labute approximate surface area is 89.7 Å². The molecule has 0 radical (unpaired) electrons. The summed E-state index contributed by atoms with van der Waals surface area (Å²) in [6.07, 6.45) is -10.1. The molecule has 0 bridgehead atoms. The Bertz CT molecular complexity index is 450. The molecule has 0 spiro atoms. The smallest absolute Gasteiger partial charge is 0.434 e. The summed E-state index contributed by atoms with van der Waals surface area (Å²) in [5.41, 5.74) is -4.95. The average Bonchev–Trinajstić information content (AvgIpc) is 2.14. The van der Waals surface area contributed by atoms with E-state index in [9.17, 15) is 31.1 Å². The van der Waals surface area contributed by atoms with Gasteiger partial charge in [-0.3, -0.25) is 4.98 Å². The Kier molecular flexibility index (Phi) is 3.04. The number of carbonyl (C=O) groups is 1. The molecule has 0 fully saturated rings. The fourth-order valence-corrected chi connectivity index (χ4v) is 1.01. The minimum absolute atomic E-state index is 0.0603. The van der Waals surface area contributed by atoms with Crippen LogP contribution in [-0.4, -0.2) is 16.1 Å². The van der Waals surface area contributed by atoms with Crippen LogP contribution >= 0.6 is 0 Å². The lowest BCUT2D eigenvalue weighted by molar-refractivity contribution is -0.144. The van der Waals surface area contributed by atoms with Crippen LogP contribution in [0.3, 0.4) is 0 Å². The van der Waals surface area contributed by atoms with Crippen LogP contribution in [0.1, 0.15) is 21.6 Å².